The maximum absolute atomic E-state index is 11.8. The van der Waals surface area contributed by atoms with Crippen LogP contribution in [0.25, 0.3) is 6.08 Å². The molecule has 0 radical (unpaired) electrons. The molecule has 25 heavy (non-hydrogen) atoms. The lowest BCUT2D eigenvalue weighted by Gasteiger charge is -2.31. The topological polar surface area (TPSA) is 46.5 Å². The van der Waals surface area contributed by atoms with Crippen molar-refractivity contribution in [2.24, 2.45) is 0 Å². The summed E-state index contributed by atoms with van der Waals surface area (Å²) in [7, 11) is 0. The Morgan fingerprint density at radius 3 is 1.96 bits per heavy atom. The van der Waals surface area contributed by atoms with Crippen molar-refractivity contribution < 1.29 is 14.6 Å². The molecule has 0 aromatic heterocycles. The van der Waals surface area contributed by atoms with E-state index in [9.17, 15) is 9.90 Å². The predicted molar refractivity (Wildman–Crippen MR) is 105 cm³/mol. The summed E-state index contributed by atoms with van der Waals surface area (Å²) < 4.78 is 5.69. The number of hydrogen-bond donors (Lipinski definition) is 1. The Hall–Kier alpha value is -1.77. The molecule has 1 N–H and O–H groups in total. The zero-order valence-electron chi connectivity index (χ0n) is 17.3. The molecular weight excluding hydrogens is 312 g/mol. The van der Waals surface area contributed by atoms with Gasteiger partial charge < -0.3 is 9.84 Å². The molecule has 0 aliphatic heterocycles. The molecular formula is C22H34O3. The quantitative estimate of drug-likeness (QED) is 0.528. The highest BCUT2D eigenvalue weighted by Gasteiger charge is 2.32. The molecule has 140 valence electrons. The third-order valence-electron chi connectivity index (χ3n) is 4.36. The second-order valence-corrected chi connectivity index (χ2v) is 8.66. The molecule has 0 heterocycles. The zero-order chi connectivity index (χ0) is 19.6. The molecule has 0 fully saturated rings. The molecule has 3 heteroatoms. The summed E-state index contributed by atoms with van der Waals surface area (Å²) >= 11 is 0. The van der Waals surface area contributed by atoms with Crippen molar-refractivity contribution in [3.05, 3.63) is 28.3 Å². The highest BCUT2D eigenvalue weighted by Crippen LogP contribution is 2.46. The minimum absolute atomic E-state index is 0.241. The summed E-state index contributed by atoms with van der Waals surface area (Å²) in [5.74, 6) is 0.482. The van der Waals surface area contributed by atoms with Crippen molar-refractivity contribution in [2.45, 2.75) is 86.0 Å². The number of allylic oxidation sites excluding steroid dienone is 1. The minimum Gasteiger partial charge on any atom is -0.507 e. The minimum atomic E-state index is -0.345. The first-order valence-electron chi connectivity index (χ1n) is 9.11. The molecule has 0 aliphatic rings. The lowest BCUT2D eigenvalue weighted by atomic mass is 9.76. The molecule has 0 saturated carbocycles. The van der Waals surface area contributed by atoms with E-state index >= 15 is 0 Å². The van der Waals surface area contributed by atoms with E-state index in [1.165, 1.54) is 12.5 Å². The van der Waals surface area contributed by atoms with E-state index in [2.05, 4.69) is 61.5 Å². The van der Waals surface area contributed by atoms with Crippen LogP contribution >= 0.6 is 0 Å². The van der Waals surface area contributed by atoms with Crippen molar-refractivity contribution in [3.8, 4) is 11.5 Å². The summed E-state index contributed by atoms with van der Waals surface area (Å²) in [5.41, 5.74) is 3.18. The lowest BCUT2D eigenvalue weighted by molar-refractivity contribution is -0.132. The van der Waals surface area contributed by atoms with Gasteiger partial charge in [-0.1, -0.05) is 67.0 Å². The van der Waals surface area contributed by atoms with Crippen molar-refractivity contribution >= 4 is 12.0 Å². The number of phenols is 1. The Morgan fingerprint density at radius 2 is 1.60 bits per heavy atom. The average Bonchev–Trinajstić information content (AvgIpc) is 2.43. The molecule has 0 unspecified atom stereocenters. The molecule has 0 amide bonds. The number of ether oxygens (including phenoxy) is 1. The fraction of sp³-hybridized carbons (Fsp3) is 0.591. The molecule has 3 nitrogen and oxygen atoms in total. The largest absolute Gasteiger partial charge is 0.507 e. The number of phenolic OH excluding ortho intramolecular Hbond substituents is 1. The van der Waals surface area contributed by atoms with Gasteiger partial charge in [0.05, 0.1) is 0 Å². The maximum Gasteiger partial charge on any atom is 0.308 e. The van der Waals surface area contributed by atoms with Gasteiger partial charge in [0, 0.05) is 23.6 Å². The van der Waals surface area contributed by atoms with Gasteiger partial charge in [0.25, 0.3) is 0 Å². The number of hydrogen-bond acceptors (Lipinski definition) is 3. The number of esters is 1. The Morgan fingerprint density at radius 1 is 1.08 bits per heavy atom. The van der Waals surface area contributed by atoms with Crippen LogP contribution in [0.2, 0.25) is 0 Å². The van der Waals surface area contributed by atoms with Gasteiger partial charge in [-0.15, -0.1) is 0 Å². The van der Waals surface area contributed by atoms with E-state index in [-0.39, 0.29) is 22.5 Å². The first-order valence-corrected chi connectivity index (χ1v) is 9.11. The molecule has 1 aromatic carbocycles. The summed E-state index contributed by atoms with van der Waals surface area (Å²) in [4.78, 5) is 11.8. The van der Waals surface area contributed by atoms with Gasteiger partial charge in [-0.3, -0.25) is 4.79 Å². The Labute approximate surface area is 153 Å². The van der Waals surface area contributed by atoms with Gasteiger partial charge in [0.2, 0.25) is 0 Å². The number of benzene rings is 1. The van der Waals surface area contributed by atoms with Gasteiger partial charge >= 0.3 is 5.97 Å². The molecule has 0 bridgehead atoms. The van der Waals surface area contributed by atoms with Crippen LogP contribution in [0.15, 0.2) is 11.6 Å². The third-order valence-corrected chi connectivity index (χ3v) is 4.36. The number of carbonyl (C=O) groups is 1. The number of rotatable bonds is 4. The lowest BCUT2D eigenvalue weighted by Crippen LogP contribution is -2.22. The van der Waals surface area contributed by atoms with Gasteiger partial charge in [-0.2, -0.15) is 0 Å². The van der Waals surface area contributed by atoms with Crippen LogP contribution in [0.3, 0.4) is 0 Å². The van der Waals surface area contributed by atoms with Crippen LogP contribution in [-0.4, -0.2) is 11.1 Å². The van der Waals surface area contributed by atoms with E-state index in [1.807, 2.05) is 0 Å². The van der Waals surface area contributed by atoms with Crippen LogP contribution in [0.5, 0.6) is 11.5 Å². The van der Waals surface area contributed by atoms with E-state index in [4.69, 9.17) is 4.74 Å². The van der Waals surface area contributed by atoms with E-state index in [1.54, 1.807) is 6.07 Å². The SMILES string of the molecule is CCC(=Cc1c(O)cc(C(C)(C)C)c(OC(C)=O)c1C(C)(C)C)CC. The fourth-order valence-electron chi connectivity index (χ4n) is 3.02. The third kappa shape index (κ3) is 5.10. The first kappa shape index (κ1) is 21.3. The Kier molecular flexibility index (Phi) is 6.50. The van der Waals surface area contributed by atoms with Crippen molar-refractivity contribution in [3.63, 3.8) is 0 Å². The fourth-order valence-corrected chi connectivity index (χ4v) is 3.02. The van der Waals surface area contributed by atoms with E-state index in [0.29, 0.717) is 5.75 Å². The predicted octanol–water partition coefficient (Wildman–Crippen LogP) is 6.12. The van der Waals surface area contributed by atoms with Crippen LogP contribution < -0.4 is 4.74 Å². The van der Waals surface area contributed by atoms with Crippen molar-refractivity contribution in [2.75, 3.05) is 0 Å². The molecule has 1 aromatic rings. The van der Waals surface area contributed by atoms with Gasteiger partial charge in [0.1, 0.15) is 11.5 Å². The number of aromatic hydroxyl groups is 1. The molecule has 1 rings (SSSR count). The van der Waals surface area contributed by atoms with Gasteiger partial charge in [-0.25, -0.2) is 0 Å². The van der Waals surface area contributed by atoms with Crippen molar-refractivity contribution in [1.82, 2.24) is 0 Å². The maximum atomic E-state index is 11.8. The highest BCUT2D eigenvalue weighted by atomic mass is 16.5. The summed E-state index contributed by atoms with van der Waals surface area (Å²) in [6.07, 6.45) is 3.89. The second-order valence-electron chi connectivity index (χ2n) is 8.66. The second kappa shape index (κ2) is 7.63. The van der Waals surface area contributed by atoms with Gasteiger partial charge in [0.15, 0.2) is 0 Å². The molecule has 0 spiro atoms. The van der Waals surface area contributed by atoms with Gasteiger partial charge in [-0.05, 0) is 29.7 Å². The average molecular weight is 347 g/mol. The smallest absolute Gasteiger partial charge is 0.308 e. The zero-order valence-corrected chi connectivity index (χ0v) is 17.3. The normalized spacial score (nSPS) is 12.0. The summed E-state index contributed by atoms with van der Waals surface area (Å²) in [5, 5.41) is 10.8. The molecule has 0 saturated heterocycles. The van der Waals surface area contributed by atoms with Crippen LogP contribution in [-0.2, 0) is 15.6 Å². The first-order chi connectivity index (χ1) is 11.3. The Bertz CT molecular complexity index is 662. The molecule has 0 atom stereocenters. The molecule has 0 aliphatic carbocycles. The summed E-state index contributed by atoms with van der Waals surface area (Å²) in [6.45, 7) is 18.0. The number of carbonyl (C=O) groups excluding carboxylic acids is 1. The van der Waals surface area contributed by atoms with Crippen LogP contribution in [0, 0.1) is 0 Å². The summed E-state index contributed by atoms with van der Waals surface area (Å²) in [6, 6.07) is 1.75. The Balaban J connectivity index is 3.98. The van der Waals surface area contributed by atoms with Crippen LogP contribution in [0.4, 0.5) is 0 Å². The van der Waals surface area contributed by atoms with Crippen LogP contribution in [0.1, 0.15) is 91.8 Å². The standard InChI is InChI=1S/C22H34O3/c1-10-15(11-2)12-16-18(24)13-17(21(4,5)6)20(25-14(3)23)19(16)22(7,8)9/h12-13,24H,10-11H2,1-9H3. The highest BCUT2D eigenvalue weighted by molar-refractivity contribution is 5.75. The van der Waals surface area contributed by atoms with E-state index < -0.39 is 0 Å². The van der Waals surface area contributed by atoms with E-state index in [0.717, 1.165) is 29.5 Å². The van der Waals surface area contributed by atoms with Crippen molar-refractivity contribution in [1.29, 1.82) is 0 Å². The monoisotopic (exact) mass is 346 g/mol.